The fourth-order valence-electron chi connectivity index (χ4n) is 9.83. The first-order valence-corrected chi connectivity index (χ1v) is 26.4. The number of aliphatic carboxylic acids is 1. The van der Waals surface area contributed by atoms with E-state index in [0.29, 0.717) is 70.5 Å². The average Bonchev–Trinajstić information content (AvgIpc) is 3.48. The molecule has 2 aliphatic carbocycles. The van der Waals surface area contributed by atoms with Crippen molar-refractivity contribution in [2.75, 3.05) is 72.8 Å². The zero-order valence-electron chi connectivity index (χ0n) is 46.2. The van der Waals surface area contributed by atoms with E-state index in [-0.39, 0.29) is 117 Å². The van der Waals surface area contributed by atoms with Crippen LogP contribution in [0.2, 0.25) is 20.1 Å². The number of hydrogen-bond acceptors (Lipinski definition) is 18. The van der Waals surface area contributed by atoms with Crippen molar-refractivity contribution in [3.63, 3.8) is 0 Å². The summed E-state index contributed by atoms with van der Waals surface area (Å²) < 4.78 is 21.4. The number of carbonyl (C=O) groups is 5. The second-order valence-electron chi connectivity index (χ2n) is 18.6. The molecular weight excluding hydrogens is 1150 g/mol. The van der Waals surface area contributed by atoms with Crippen LogP contribution in [0.4, 0.5) is 44.5 Å². The Balaban J connectivity index is 0.000000329. The number of halogens is 4. The summed E-state index contributed by atoms with van der Waals surface area (Å²) in [5, 5.41) is 22.6. The fourth-order valence-corrected chi connectivity index (χ4v) is 11.2. The molecule has 436 valence electrons. The van der Waals surface area contributed by atoms with E-state index in [2.05, 4.69) is 61.3 Å². The molecule has 0 spiro atoms. The van der Waals surface area contributed by atoms with Crippen molar-refractivity contribution in [3.8, 4) is 23.0 Å². The first kappa shape index (κ1) is 67.4. The van der Waals surface area contributed by atoms with Gasteiger partial charge in [-0.25, -0.2) is 19.6 Å². The Hall–Kier alpha value is -7.07. The van der Waals surface area contributed by atoms with Crippen molar-refractivity contribution < 1.29 is 82.0 Å². The van der Waals surface area contributed by atoms with E-state index in [1.807, 2.05) is 0 Å². The van der Waals surface area contributed by atoms with Gasteiger partial charge in [0, 0.05) is 67.9 Å². The Bertz CT molecular complexity index is 3010. The maximum absolute atomic E-state index is 13.5. The van der Waals surface area contributed by atoms with Gasteiger partial charge in [-0.3, -0.25) is 34.0 Å². The number of anilines is 6. The minimum atomic E-state index is -0.908. The Morgan fingerprint density at radius 3 is 1.38 bits per heavy atom. The van der Waals surface area contributed by atoms with Gasteiger partial charge < -0.3 is 50.8 Å². The summed E-state index contributed by atoms with van der Waals surface area (Å²) in [7, 11) is 9.03. The molecule has 4 heterocycles. The van der Waals surface area contributed by atoms with E-state index in [4.69, 9.17) is 74.9 Å². The average molecular weight is 1210 g/mol. The topological polar surface area (TPSA) is 319 Å². The van der Waals surface area contributed by atoms with Crippen LogP contribution in [0, 0.1) is 11.8 Å². The SMILES string of the molecule is C=CC(=O)N[C@H]1C[C@H](C(=O)O)CC[C@H]1Nc1ncc2c(n1)N(C)C(=O)N(c1c(Cl)c(OC)cc(OC)c1Cl)C2.C=CC(=O)N[C@H]1C[C@H](CC)CC[C@H]1Nc1ncc2c(n1)N(C)C(=O)N(c1c(Cl)c(OC)cc(OC)c1Cl)C2.O=C=O.[Li+].[OH-]. The van der Waals surface area contributed by atoms with Crippen molar-refractivity contribution in [2.45, 2.75) is 89.1 Å². The van der Waals surface area contributed by atoms with Crippen molar-refractivity contribution in [3.05, 3.63) is 81.1 Å². The molecule has 6 N–H and O–H groups in total. The van der Waals surface area contributed by atoms with Gasteiger partial charge in [0.05, 0.1) is 64.9 Å². The van der Waals surface area contributed by atoms with Crippen molar-refractivity contribution in [1.29, 1.82) is 0 Å². The van der Waals surface area contributed by atoms with Crippen LogP contribution in [0.25, 0.3) is 0 Å². The number of methoxy groups -OCH3 is 4. The first-order chi connectivity index (χ1) is 38.2. The Morgan fingerprint density at radius 1 is 0.671 bits per heavy atom. The maximum Gasteiger partial charge on any atom is 1.00 e. The van der Waals surface area contributed by atoms with Crippen molar-refractivity contribution >= 4 is 117 Å². The Morgan fingerprint density at radius 2 is 1.04 bits per heavy atom. The van der Waals surface area contributed by atoms with Crippen LogP contribution >= 0.6 is 46.4 Å². The number of fused-ring (bicyclic) bond motifs is 2. The summed E-state index contributed by atoms with van der Waals surface area (Å²) >= 11 is 26.3. The summed E-state index contributed by atoms with van der Waals surface area (Å²) in [6.45, 7) is 9.42. The molecule has 8 rings (SSSR count). The molecule has 2 aromatic carbocycles. The molecule has 0 saturated heterocycles. The molecule has 2 aliphatic heterocycles. The molecule has 0 radical (unpaired) electrons. The minimum Gasteiger partial charge on any atom is -0.870 e. The largest absolute Gasteiger partial charge is 1.00 e. The molecule has 30 heteroatoms. The van der Waals surface area contributed by atoms with Gasteiger partial charge in [0.25, 0.3) is 0 Å². The number of benzene rings is 2. The quantitative estimate of drug-likeness (QED) is 0.0728. The van der Waals surface area contributed by atoms with Crippen LogP contribution in [0.5, 0.6) is 23.0 Å². The summed E-state index contributed by atoms with van der Waals surface area (Å²) in [4.78, 5) is 103. The van der Waals surface area contributed by atoms with E-state index < -0.39 is 29.9 Å². The van der Waals surface area contributed by atoms with Crippen molar-refractivity contribution in [1.82, 2.24) is 30.6 Å². The molecule has 25 nitrogen and oxygen atoms in total. The molecule has 82 heavy (non-hydrogen) atoms. The van der Waals surface area contributed by atoms with Gasteiger partial charge in [0.1, 0.15) is 54.7 Å². The standard InChI is InChI=1S/C26H32Cl2N6O4.C25H28Cl2N6O6.CO2.Li.H2O/c1-6-14-8-9-16(17(10-14)30-20(35)7-2)31-25-29-12-15-13-34(26(36)33(3)24(15)32-25)23-21(27)18(37-4)11-19(38-5)22(23)28;1-5-18(34)29-15-8-12(23(35)36)6-7-14(15)30-24-28-10-13-11-33(25(37)32(2)22(13)31-24)21-19(26)16(38-3)9-17(39-4)20(21)27;2-1-3;;/h7,11-12,14,16-17H,2,6,8-10,13H2,1,3-5H3,(H,30,35)(H,29,31,32);5,9-10,12,14-15H,1,6-8,11H2,2-4H3,(H,29,34)(H,35,36)(H,28,30,31);;;1H2/q;;;+1;/p-1/t14-,16-,17+;12-,14-,15+;;;/m11.../s1. The molecule has 0 bridgehead atoms. The molecule has 6 amide bonds. The molecular formula is C52H61Cl4LiN12O13. The van der Waals surface area contributed by atoms with Crippen LogP contribution in [-0.2, 0) is 37.1 Å². The van der Waals surface area contributed by atoms with Crippen LogP contribution in [0.15, 0.2) is 49.8 Å². The number of nitrogens with zero attached hydrogens (tertiary/aromatic N) is 8. The Labute approximate surface area is 504 Å². The van der Waals surface area contributed by atoms with Crippen molar-refractivity contribution in [2.24, 2.45) is 11.8 Å². The van der Waals surface area contributed by atoms with E-state index in [1.54, 1.807) is 32.6 Å². The number of rotatable bonds is 16. The van der Waals surface area contributed by atoms with Crippen LogP contribution in [0.3, 0.4) is 0 Å². The van der Waals surface area contributed by atoms with Crippen LogP contribution < -0.4 is 78.7 Å². The summed E-state index contributed by atoms with van der Waals surface area (Å²) in [5.41, 5.74) is 1.85. The van der Waals surface area contributed by atoms with E-state index in [1.165, 1.54) is 60.2 Å². The zero-order valence-corrected chi connectivity index (χ0v) is 49.2. The van der Waals surface area contributed by atoms with E-state index in [9.17, 15) is 29.1 Å². The van der Waals surface area contributed by atoms with Crippen LogP contribution in [-0.4, -0.2) is 133 Å². The number of amides is 6. The predicted octanol–water partition coefficient (Wildman–Crippen LogP) is 5.00. The number of hydrogen-bond donors (Lipinski definition) is 5. The van der Waals surface area contributed by atoms with Gasteiger partial charge in [-0.2, -0.15) is 19.6 Å². The molecule has 2 fully saturated rings. The van der Waals surface area contributed by atoms with E-state index >= 15 is 0 Å². The summed E-state index contributed by atoms with van der Waals surface area (Å²) in [5.74, 6) is 1.15. The van der Waals surface area contributed by atoms with Gasteiger partial charge in [-0.1, -0.05) is 72.9 Å². The van der Waals surface area contributed by atoms with Gasteiger partial charge in [0.15, 0.2) is 0 Å². The van der Waals surface area contributed by atoms with Gasteiger partial charge in [0.2, 0.25) is 23.7 Å². The molecule has 6 atom stereocenters. The van der Waals surface area contributed by atoms with Gasteiger partial charge >= 0.3 is 43.0 Å². The first-order valence-electron chi connectivity index (χ1n) is 24.9. The normalized spacial score (nSPS) is 19.6. The third-order valence-corrected chi connectivity index (χ3v) is 15.5. The molecule has 0 unspecified atom stereocenters. The molecule has 2 saturated carbocycles. The zero-order chi connectivity index (χ0) is 58.7. The smallest absolute Gasteiger partial charge is 0.870 e. The molecule has 4 aromatic rings. The summed E-state index contributed by atoms with van der Waals surface area (Å²) in [6.07, 6.45) is 10.9. The second kappa shape index (κ2) is 30.3. The third-order valence-electron chi connectivity index (χ3n) is 14.0. The number of aromatic nitrogens is 4. The number of ether oxygens (including phenoxy) is 4. The van der Waals surface area contributed by atoms with Gasteiger partial charge in [-0.15, -0.1) is 0 Å². The number of nitrogens with one attached hydrogen (secondary N) is 4. The number of carboxylic acids is 1. The van der Waals surface area contributed by atoms with E-state index in [0.717, 1.165) is 31.8 Å². The number of carbonyl (C=O) groups excluding carboxylic acids is 6. The third kappa shape index (κ3) is 14.9. The number of urea groups is 2. The monoisotopic (exact) mass is 1210 g/mol. The van der Waals surface area contributed by atoms with Gasteiger partial charge in [-0.05, 0) is 56.6 Å². The molecule has 2 aromatic heterocycles. The maximum atomic E-state index is 13.5. The van der Waals surface area contributed by atoms with Crippen LogP contribution in [0.1, 0.15) is 63.0 Å². The predicted molar refractivity (Wildman–Crippen MR) is 302 cm³/mol. The number of carboxylic acid groups (broad SMARTS) is 1. The molecule has 4 aliphatic rings. The second-order valence-corrected chi connectivity index (χ2v) is 20.1. The fraction of sp³-hybridized carbons (Fsp3) is 0.423. The summed E-state index contributed by atoms with van der Waals surface area (Å²) in [6, 6.07) is 1.35. The Kier molecular flexibility index (Phi) is 24.9. The minimum absolute atomic E-state index is 0.